The number of halogens is 8. The summed E-state index contributed by atoms with van der Waals surface area (Å²) in [6.45, 7) is -0.203. The molecule has 1 aliphatic rings. The zero-order valence-electron chi connectivity index (χ0n) is 21.3. The Balaban J connectivity index is 1.33. The number of sulfonamides is 1. The van der Waals surface area contributed by atoms with Crippen molar-refractivity contribution in [2.24, 2.45) is 0 Å². The van der Waals surface area contributed by atoms with Crippen LogP contribution < -0.4 is 5.32 Å². The lowest BCUT2D eigenvalue weighted by molar-refractivity contribution is -0.155. The Hall–Kier alpha value is -3.47. The average molecular weight is 668 g/mol. The van der Waals surface area contributed by atoms with Crippen molar-refractivity contribution in [2.45, 2.75) is 35.9 Å². The molecule has 43 heavy (non-hydrogen) atoms. The van der Waals surface area contributed by atoms with Gasteiger partial charge < -0.3 is 9.84 Å². The fraction of sp³-hybridized carbons (Fsp3) is 0.231. The second-order valence-corrected chi connectivity index (χ2v) is 13.0. The molecule has 2 aromatic carbocycles. The lowest BCUT2D eigenvalue weighted by Crippen LogP contribution is -2.36. The van der Waals surface area contributed by atoms with Crippen molar-refractivity contribution in [3.63, 3.8) is 0 Å². The number of thiophene rings is 1. The van der Waals surface area contributed by atoms with Gasteiger partial charge in [-0.1, -0.05) is 35.0 Å². The van der Waals surface area contributed by atoms with E-state index < -0.39 is 57.4 Å². The number of carbonyl (C=O) groups excluding carboxylic acids is 1. The summed E-state index contributed by atoms with van der Waals surface area (Å²) < 4.78 is 124. The quantitative estimate of drug-likeness (QED) is 0.220. The highest BCUT2D eigenvalue weighted by molar-refractivity contribution is 7.91. The summed E-state index contributed by atoms with van der Waals surface area (Å²) in [6.07, 6.45) is -10.3. The molecule has 5 rings (SSSR count). The average Bonchev–Trinajstić information content (AvgIpc) is 3.61. The third kappa shape index (κ3) is 6.27. The molecular formula is C26H17ClF7N3O4S2. The summed E-state index contributed by atoms with van der Waals surface area (Å²) in [4.78, 5) is 12.9. The first-order chi connectivity index (χ1) is 20.1. The van der Waals surface area contributed by atoms with Gasteiger partial charge in [-0.3, -0.25) is 4.79 Å². The molecule has 1 N–H and O–H groups in total. The van der Waals surface area contributed by atoms with Crippen molar-refractivity contribution in [1.29, 1.82) is 0 Å². The fourth-order valence-electron chi connectivity index (χ4n) is 4.48. The van der Waals surface area contributed by atoms with Crippen molar-refractivity contribution < 1.29 is 48.5 Å². The number of aromatic nitrogens is 1. The van der Waals surface area contributed by atoms with Gasteiger partial charge in [-0.15, -0.1) is 11.3 Å². The van der Waals surface area contributed by atoms with Gasteiger partial charge in [0.25, 0.3) is 10.0 Å². The number of nitrogens with zero attached hydrogens (tertiary/aromatic N) is 2. The van der Waals surface area contributed by atoms with Crippen LogP contribution in [0.2, 0.25) is 5.02 Å². The molecular weight excluding hydrogens is 651 g/mol. The van der Waals surface area contributed by atoms with Crippen LogP contribution in [-0.4, -0.2) is 30.3 Å². The van der Waals surface area contributed by atoms with Gasteiger partial charge in [0.05, 0.1) is 27.6 Å². The third-order valence-corrected chi connectivity index (χ3v) is 10.3. The van der Waals surface area contributed by atoms with E-state index in [4.69, 9.17) is 11.6 Å². The Kier molecular flexibility index (Phi) is 8.09. The highest BCUT2D eigenvalue weighted by atomic mass is 35.5. The smallest absolute Gasteiger partial charge is 0.351 e. The van der Waals surface area contributed by atoms with Gasteiger partial charge >= 0.3 is 12.4 Å². The number of hydrogen-bond acceptors (Lipinski definition) is 6. The van der Waals surface area contributed by atoms with E-state index in [-0.39, 0.29) is 45.0 Å². The molecule has 3 heterocycles. The van der Waals surface area contributed by atoms with Crippen LogP contribution >= 0.6 is 22.9 Å². The topological polar surface area (TPSA) is 92.5 Å². The Morgan fingerprint density at radius 2 is 1.81 bits per heavy atom. The molecule has 1 amide bonds. The molecule has 1 aliphatic heterocycles. The monoisotopic (exact) mass is 667 g/mol. The highest BCUT2D eigenvalue weighted by Gasteiger charge is 2.37. The van der Waals surface area contributed by atoms with Crippen LogP contribution in [0.3, 0.4) is 0 Å². The van der Waals surface area contributed by atoms with Crippen LogP contribution in [0.25, 0.3) is 10.6 Å². The van der Waals surface area contributed by atoms with Crippen LogP contribution in [0.4, 0.5) is 36.4 Å². The van der Waals surface area contributed by atoms with E-state index in [1.807, 2.05) is 0 Å². The van der Waals surface area contributed by atoms with Crippen LogP contribution in [0.1, 0.15) is 28.0 Å². The van der Waals surface area contributed by atoms with Gasteiger partial charge in [0.15, 0.2) is 0 Å². The van der Waals surface area contributed by atoms with E-state index in [0.717, 1.165) is 16.4 Å². The maximum absolute atomic E-state index is 14.4. The summed E-state index contributed by atoms with van der Waals surface area (Å²) in [5.41, 5.74) is -1.06. The first kappa shape index (κ1) is 31.0. The number of amides is 1. The second kappa shape index (κ2) is 11.2. The minimum Gasteiger partial charge on any atom is -0.351 e. The van der Waals surface area contributed by atoms with Crippen molar-refractivity contribution in [3.05, 3.63) is 87.4 Å². The first-order valence-corrected chi connectivity index (χ1v) is 14.8. The summed E-state index contributed by atoms with van der Waals surface area (Å²) in [5.74, 6) is -3.72. The lowest BCUT2D eigenvalue weighted by Gasteiger charge is -2.29. The molecule has 0 spiro atoms. The Labute approximate surface area is 247 Å². The predicted octanol–water partition coefficient (Wildman–Crippen LogP) is 7.16. The number of nitrogens with one attached hydrogen (secondary N) is 1. The van der Waals surface area contributed by atoms with Gasteiger partial charge in [-0.05, 0) is 47.4 Å². The minimum absolute atomic E-state index is 0.0593. The number of anilines is 1. The molecule has 7 nitrogen and oxygen atoms in total. The normalized spacial score (nSPS) is 14.5. The predicted molar refractivity (Wildman–Crippen MR) is 141 cm³/mol. The standard InChI is InChI=1S/C26H17ClF7N3O4S2/c27-17-5-4-14-12-37(43(39,40)22-7-6-19(42-22)18-11-20(41-36-18)26(32,33)34)9-8-15(14)24(17)35-21(38)10-13-2-1-3-16(23(13)28)25(29,30)31/h1-7,11H,8-10,12H2,(H,35,38). The number of carbonyl (C=O) groups is 1. The van der Waals surface area contributed by atoms with E-state index in [1.54, 1.807) is 6.07 Å². The molecule has 0 radical (unpaired) electrons. The molecule has 228 valence electrons. The van der Waals surface area contributed by atoms with E-state index >= 15 is 0 Å². The Bertz CT molecular complexity index is 1820. The molecule has 0 unspecified atom stereocenters. The molecule has 2 aromatic heterocycles. The molecule has 17 heteroatoms. The van der Waals surface area contributed by atoms with Crippen LogP contribution in [0, 0.1) is 5.82 Å². The Morgan fingerprint density at radius 3 is 2.49 bits per heavy atom. The van der Waals surface area contributed by atoms with Crippen molar-refractivity contribution in [2.75, 3.05) is 11.9 Å². The number of fused-ring (bicyclic) bond motifs is 1. The Morgan fingerprint density at radius 1 is 1.07 bits per heavy atom. The van der Waals surface area contributed by atoms with Crippen molar-refractivity contribution in [1.82, 2.24) is 9.46 Å². The summed E-state index contributed by atoms with van der Waals surface area (Å²) in [6, 6.07) is 8.79. The molecule has 0 saturated heterocycles. The second-order valence-electron chi connectivity index (χ2n) is 9.34. The number of rotatable bonds is 6. The molecule has 4 aromatic rings. The zero-order valence-corrected chi connectivity index (χ0v) is 23.7. The van der Waals surface area contributed by atoms with E-state index in [0.29, 0.717) is 34.6 Å². The van der Waals surface area contributed by atoms with E-state index in [1.165, 1.54) is 18.2 Å². The number of alkyl halides is 6. The van der Waals surface area contributed by atoms with Crippen molar-refractivity contribution in [3.8, 4) is 10.6 Å². The molecule has 0 fully saturated rings. The van der Waals surface area contributed by atoms with Crippen LogP contribution in [0.15, 0.2) is 57.3 Å². The molecule has 0 atom stereocenters. The summed E-state index contributed by atoms with van der Waals surface area (Å²) in [7, 11) is -4.10. The summed E-state index contributed by atoms with van der Waals surface area (Å²) >= 11 is 7.00. The van der Waals surface area contributed by atoms with Crippen LogP contribution in [-0.2, 0) is 46.6 Å². The largest absolute Gasteiger partial charge is 0.452 e. The van der Waals surface area contributed by atoms with Gasteiger partial charge in [-0.2, -0.15) is 30.6 Å². The molecule has 0 aliphatic carbocycles. The first-order valence-electron chi connectivity index (χ1n) is 12.1. The summed E-state index contributed by atoms with van der Waals surface area (Å²) in [5, 5.41) is 5.96. The maximum Gasteiger partial charge on any atom is 0.452 e. The SMILES string of the molecule is O=C(Cc1cccc(C(F)(F)F)c1F)Nc1c(Cl)ccc2c1CCN(S(=O)(=O)c1ccc(-c3cc(C(F)(F)F)on3)s1)C2. The number of hydrogen-bond donors (Lipinski definition) is 1. The zero-order chi connectivity index (χ0) is 31.3. The van der Waals surface area contributed by atoms with E-state index in [9.17, 15) is 43.9 Å². The van der Waals surface area contributed by atoms with Gasteiger partial charge in [0.2, 0.25) is 11.7 Å². The maximum atomic E-state index is 14.4. The van der Waals surface area contributed by atoms with Crippen molar-refractivity contribution >= 4 is 44.6 Å². The minimum atomic E-state index is -4.94. The fourth-order valence-corrected chi connectivity index (χ4v) is 7.54. The van der Waals surface area contributed by atoms with Gasteiger partial charge in [-0.25, -0.2) is 12.8 Å². The lowest BCUT2D eigenvalue weighted by atomic mass is 9.98. The van der Waals surface area contributed by atoms with Gasteiger partial charge in [0, 0.05) is 19.2 Å². The molecule has 0 saturated carbocycles. The third-order valence-electron chi connectivity index (χ3n) is 6.53. The molecule has 0 bridgehead atoms. The number of benzene rings is 2. The van der Waals surface area contributed by atoms with Gasteiger partial charge in [0.1, 0.15) is 15.7 Å². The van der Waals surface area contributed by atoms with Crippen LogP contribution in [0.5, 0.6) is 0 Å². The van der Waals surface area contributed by atoms with E-state index in [2.05, 4.69) is 15.0 Å². The highest BCUT2D eigenvalue weighted by Crippen LogP contribution is 2.39.